The van der Waals surface area contributed by atoms with Crippen LogP contribution in [0.15, 0.2) is 18.2 Å². The first kappa shape index (κ1) is 26.8. The second-order valence-corrected chi connectivity index (χ2v) is 9.81. The smallest absolute Gasteiger partial charge is 0.317 e. The summed E-state index contributed by atoms with van der Waals surface area (Å²) in [5.74, 6) is 0.242. The van der Waals surface area contributed by atoms with Crippen molar-refractivity contribution in [1.29, 1.82) is 0 Å². The Morgan fingerprint density at radius 3 is 2.57 bits per heavy atom. The minimum atomic E-state index is -0.250. The van der Waals surface area contributed by atoms with Crippen LogP contribution in [0, 0.1) is 11.8 Å². The van der Waals surface area contributed by atoms with Crippen molar-refractivity contribution in [1.82, 2.24) is 15.1 Å². The van der Waals surface area contributed by atoms with Gasteiger partial charge in [-0.25, -0.2) is 4.79 Å². The predicted molar refractivity (Wildman–Crippen MR) is 135 cm³/mol. The monoisotopic (exact) mass is 488 g/mol. The fourth-order valence-corrected chi connectivity index (χ4v) is 4.38. The number of likely N-dealkylation sites (N-methyl/N-ethyl adjacent to an activating group) is 1. The van der Waals surface area contributed by atoms with Gasteiger partial charge in [-0.3, -0.25) is 9.59 Å². The number of rotatable bonds is 5. The lowest BCUT2D eigenvalue weighted by Gasteiger charge is -2.36. The molecule has 9 heteroatoms. The summed E-state index contributed by atoms with van der Waals surface area (Å²) in [5, 5.41) is 5.92. The van der Waals surface area contributed by atoms with Crippen LogP contribution in [0.5, 0.6) is 5.75 Å². The zero-order valence-corrected chi connectivity index (χ0v) is 21.6. The third-order valence-electron chi connectivity index (χ3n) is 6.98. The third-order valence-corrected chi connectivity index (χ3v) is 6.98. The maximum atomic E-state index is 13.3. The molecule has 4 amide bonds. The number of nitrogens with zero attached hydrogens (tertiary/aromatic N) is 2. The molecule has 1 aliphatic heterocycles. The van der Waals surface area contributed by atoms with Gasteiger partial charge in [-0.1, -0.05) is 20.3 Å². The standard InChI is InChI=1S/C26H40N4O5/c1-6-12-27-26(33)30-14-17(2)23(34-5)15-29(4)25(32)21-11-10-20(13-22(21)35-16-18(30)3)28-24(31)19-8-7-9-19/h10-11,13,17-19,23H,6-9,12,14-16H2,1-5H3,(H,27,33)(H,28,31)/t17-,18-,23-/m0/s1. The zero-order chi connectivity index (χ0) is 25.5. The topological polar surface area (TPSA) is 100 Å². The largest absolute Gasteiger partial charge is 0.491 e. The minimum Gasteiger partial charge on any atom is -0.491 e. The molecule has 0 aromatic heterocycles. The quantitative estimate of drug-likeness (QED) is 0.662. The van der Waals surface area contributed by atoms with E-state index in [0.717, 1.165) is 25.7 Å². The van der Waals surface area contributed by atoms with Crippen molar-refractivity contribution in [3.63, 3.8) is 0 Å². The molecule has 3 rings (SSSR count). The molecule has 1 fully saturated rings. The fraction of sp³-hybridized carbons (Fsp3) is 0.654. The van der Waals surface area contributed by atoms with E-state index < -0.39 is 0 Å². The number of methoxy groups -OCH3 is 1. The highest BCUT2D eigenvalue weighted by atomic mass is 16.5. The predicted octanol–water partition coefficient (Wildman–Crippen LogP) is 3.35. The maximum absolute atomic E-state index is 13.3. The van der Waals surface area contributed by atoms with E-state index in [9.17, 15) is 14.4 Å². The molecular formula is C26H40N4O5. The van der Waals surface area contributed by atoms with Crippen molar-refractivity contribution in [3.05, 3.63) is 23.8 Å². The molecular weight excluding hydrogens is 448 g/mol. The highest BCUT2D eigenvalue weighted by Gasteiger charge is 2.31. The van der Waals surface area contributed by atoms with Crippen LogP contribution in [0.3, 0.4) is 0 Å². The van der Waals surface area contributed by atoms with Crippen LogP contribution in [0.2, 0.25) is 0 Å². The number of benzene rings is 1. The second kappa shape index (κ2) is 12.2. The average Bonchev–Trinajstić information content (AvgIpc) is 2.80. The number of carbonyl (C=O) groups is 3. The van der Waals surface area contributed by atoms with Gasteiger partial charge in [-0.05, 0) is 38.3 Å². The summed E-state index contributed by atoms with van der Waals surface area (Å²) in [5.41, 5.74) is 1.00. The Kier molecular flexibility index (Phi) is 9.37. The summed E-state index contributed by atoms with van der Waals surface area (Å²) in [4.78, 5) is 42.1. The SMILES string of the molecule is CCCNC(=O)N1C[C@H](C)[C@@H](OC)CN(C)C(=O)c2ccc(NC(=O)C3CCC3)cc2OC[C@@H]1C. The molecule has 3 atom stereocenters. The lowest BCUT2D eigenvalue weighted by molar-refractivity contribution is -0.122. The number of anilines is 1. The molecule has 0 bridgehead atoms. The molecule has 1 heterocycles. The fourth-order valence-electron chi connectivity index (χ4n) is 4.38. The summed E-state index contributed by atoms with van der Waals surface area (Å²) < 4.78 is 11.9. The van der Waals surface area contributed by atoms with Crippen molar-refractivity contribution in [2.24, 2.45) is 11.8 Å². The summed E-state index contributed by atoms with van der Waals surface area (Å²) in [7, 11) is 3.36. The van der Waals surface area contributed by atoms with Gasteiger partial charge in [0.15, 0.2) is 0 Å². The Bertz CT molecular complexity index is 904. The number of amides is 4. The van der Waals surface area contributed by atoms with Crippen LogP contribution >= 0.6 is 0 Å². The average molecular weight is 489 g/mol. The Morgan fingerprint density at radius 1 is 1.20 bits per heavy atom. The zero-order valence-electron chi connectivity index (χ0n) is 21.6. The van der Waals surface area contributed by atoms with Gasteiger partial charge in [0, 0.05) is 57.4 Å². The van der Waals surface area contributed by atoms with E-state index in [1.165, 1.54) is 0 Å². The van der Waals surface area contributed by atoms with Crippen LogP contribution in [0.25, 0.3) is 0 Å². The molecule has 0 spiro atoms. The van der Waals surface area contributed by atoms with Gasteiger partial charge in [-0.15, -0.1) is 0 Å². The van der Waals surface area contributed by atoms with Gasteiger partial charge >= 0.3 is 6.03 Å². The lowest BCUT2D eigenvalue weighted by Crippen LogP contribution is -2.51. The minimum absolute atomic E-state index is 0.00291. The first-order chi connectivity index (χ1) is 16.7. The van der Waals surface area contributed by atoms with Crippen molar-refractivity contribution in [2.45, 2.75) is 58.6 Å². The van der Waals surface area contributed by atoms with Gasteiger partial charge in [0.1, 0.15) is 12.4 Å². The maximum Gasteiger partial charge on any atom is 0.317 e. The molecule has 0 radical (unpaired) electrons. The van der Waals surface area contributed by atoms with Crippen molar-refractivity contribution in [2.75, 3.05) is 45.7 Å². The Morgan fingerprint density at radius 2 is 1.94 bits per heavy atom. The third kappa shape index (κ3) is 6.66. The highest BCUT2D eigenvalue weighted by Crippen LogP contribution is 2.30. The van der Waals surface area contributed by atoms with Gasteiger partial charge < -0.3 is 29.9 Å². The van der Waals surface area contributed by atoms with Gasteiger partial charge in [0.25, 0.3) is 5.91 Å². The first-order valence-corrected chi connectivity index (χ1v) is 12.7. The van der Waals surface area contributed by atoms with E-state index in [0.29, 0.717) is 36.6 Å². The van der Waals surface area contributed by atoms with E-state index in [4.69, 9.17) is 9.47 Å². The highest BCUT2D eigenvalue weighted by molar-refractivity contribution is 5.99. The van der Waals surface area contributed by atoms with Crippen LogP contribution in [-0.4, -0.2) is 80.2 Å². The van der Waals surface area contributed by atoms with Crippen LogP contribution < -0.4 is 15.4 Å². The molecule has 1 saturated carbocycles. The van der Waals surface area contributed by atoms with E-state index >= 15 is 0 Å². The Balaban J connectivity index is 1.90. The molecule has 0 saturated heterocycles. The number of hydrogen-bond donors (Lipinski definition) is 2. The molecule has 35 heavy (non-hydrogen) atoms. The molecule has 194 valence electrons. The van der Waals surface area contributed by atoms with Crippen molar-refractivity contribution in [3.8, 4) is 5.75 Å². The lowest BCUT2D eigenvalue weighted by atomic mass is 9.85. The summed E-state index contributed by atoms with van der Waals surface area (Å²) in [6.07, 6.45) is 3.48. The van der Waals surface area contributed by atoms with E-state index in [-0.39, 0.29) is 48.4 Å². The summed E-state index contributed by atoms with van der Waals surface area (Å²) in [6, 6.07) is 4.74. The number of urea groups is 1. The summed E-state index contributed by atoms with van der Waals surface area (Å²) in [6.45, 7) is 7.60. The Hall–Kier alpha value is -2.81. The second-order valence-electron chi connectivity index (χ2n) is 9.81. The van der Waals surface area contributed by atoms with E-state index in [2.05, 4.69) is 10.6 Å². The molecule has 0 unspecified atom stereocenters. The van der Waals surface area contributed by atoms with Crippen LogP contribution in [-0.2, 0) is 9.53 Å². The number of hydrogen-bond acceptors (Lipinski definition) is 5. The molecule has 2 aliphatic rings. The molecule has 2 N–H and O–H groups in total. The first-order valence-electron chi connectivity index (χ1n) is 12.7. The van der Waals surface area contributed by atoms with Gasteiger partial charge in [0.05, 0.1) is 17.7 Å². The normalized spacial score (nSPS) is 23.8. The Labute approximate surface area is 208 Å². The molecule has 9 nitrogen and oxygen atoms in total. The molecule has 1 aliphatic carbocycles. The molecule has 1 aromatic carbocycles. The number of ether oxygens (including phenoxy) is 2. The number of carbonyl (C=O) groups excluding carboxylic acids is 3. The van der Waals surface area contributed by atoms with Crippen LogP contribution in [0.4, 0.5) is 10.5 Å². The van der Waals surface area contributed by atoms with Crippen molar-refractivity contribution >= 4 is 23.5 Å². The summed E-state index contributed by atoms with van der Waals surface area (Å²) >= 11 is 0. The van der Waals surface area contributed by atoms with Crippen LogP contribution in [0.1, 0.15) is 56.8 Å². The van der Waals surface area contributed by atoms with Gasteiger partial charge in [0.2, 0.25) is 5.91 Å². The van der Waals surface area contributed by atoms with Crippen molar-refractivity contribution < 1.29 is 23.9 Å². The van der Waals surface area contributed by atoms with E-state index in [1.54, 1.807) is 42.2 Å². The number of nitrogens with one attached hydrogen (secondary N) is 2. The van der Waals surface area contributed by atoms with E-state index in [1.807, 2.05) is 20.8 Å². The molecule has 1 aromatic rings. The number of fused-ring (bicyclic) bond motifs is 1. The van der Waals surface area contributed by atoms with Gasteiger partial charge in [-0.2, -0.15) is 0 Å².